The maximum absolute atomic E-state index is 13.1. The third-order valence-electron chi connectivity index (χ3n) is 3.51. The normalized spacial score (nSPS) is 15.1. The van der Waals surface area contributed by atoms with E-state index in [-0.39, 0.29) is 11.6 Å². The van der Waals surface area contributed by atoms with Gasteiger partial charge in [0.1, 0.15) is 17.8 Å². The second kappa shape index (κ2) is 5.09. The zero-order chi connectivity index (χ0) is 14.1. The second-order valence-electron chi connectivity index (χ2n) is 4.97. The standard InChI is InChI=1S/C15H14FNO3/c16-12-2-1-11-7-17(4-3-10(11)5-12)8-13-6-14(18)15(19)9-20-13/h1-2,5-6,9,19H,3-4,7-8H2. The minimum absolute atomic E-state index is 0.207. The van der Waals surface area contributed by atoms with Crippen LogP contribution in [0.25, 0.3) is 0 Å². The summed E-state index contributed by atoms with van der Waals surface area (Å²) in [5, 5.41) is 9.15. The SMILES string of the molecule is O=c1cc(CN2CCc3cc(F)ccc3C2)occ1O. The van der Waals surface area contributed by atoms with Gasteiger partial charge in [0.05, 0.1) is 6.54 Å². The number of hydrogen-bond acceptors (Lipinski definition) is 4. The Morgan fingerprint density at radius 2 is 2.15 bits per heavy atom. The molecule has 4 nitrogen and oxygen atoms in total. The Hall–Kier alpha value is -2.14. The van der Waals surface area contributed by atoms with Crippen LogP contribution in [0.15, 0.2) is 39.7 Å². The molecule has 1 aromatic carbocycles. The quantitative estimate of drug-likeness (QED) is 0.911. The van der Waals surface area contributed by atoms with Crippen LogP contribution in [0.4, 0.5) is 4.39 Å². The third kappa shape index (κ3) is 2.58. The van der Waals surface area contributed by atoms with Gasteiger partial charge in [-0.25, -0.2) is 4.39 Å². The molecule has 1 aliphatic rings. The van der Waals surface area contributed by atoms with Gasteiger partial charge in [-0.15, -0.1) is 0 Å². The maximum Gasteiger partial charge on any atom is 0.226 e. The molecule has 2 aromatic rings. The highest BCUT2D eigenvalue weighted by Gasteiger charge is 2.17. The summed E-state index contributed by atoms with van der Waals surface area (Å²) in [6.07, 6.45) is 1.83. The van der Waals surface area contributed by atoms with Gasteiger partial charge < -0.3 is 9.52 Å². The highest BCUT2D eigenvalue weighted by molar-refractivity contribution is 5.30. The molecule has 0 fully saturated rings. The molecule has 0 saturated heterocycles. The van der Waals surface area contributed by atoms with E-state index in [1.807, 2.05) is 0 Å². The Morgan fingerprint density at radius 1 is 1.30 bits per heavy atom. The van der Waals surface area contributed by atoms with E-state index >= 15 is 0 Å². The molecule has 20 heavy (non-hydrogen) atoms. The van der Waals surface area contributed by atoms with Crippen molar-refractivity contribution < 1.29 is 13.9 Å². The van der Waals surface area contributed by atoms with E-state index in [1.165, 1.54) is 12.1 Å². The molecule has 104 valence electrons. The monoisotopic (exact) mass is 275 g/mol. The topological polar surface area (TPSA) is 53.7 Å². The Labute approximate surface area is 115 Å². The summed E-state index contributed by atoms with van der Waals surface area (Å²) in [4.78, 5) is 13.5. The minimum atomic E-state index is -0.439. The first-order valence-electron chi connectivity index (χ1n) is 6.42. The highest BCUT2D eigenvalue weighted by Crippen LogP contribution is 2.21. The fraction of sp³-hybridized carbons (Fsp3) is 0.267. The van der Waals surface area contributed by atoms with Crippen LogP contribution in [0, 0.1) is 5.82 Å². The van der Waals surface area contributed by atoms with Crippen molar-refractivity contribution in [2.75, 3.05) is 6.54 Å². The van der Waals surface area contributed by atoms with Crippen molar-refractivity contribution in [3.8, 4) is 5.75 Å². The molecule has 1 aromatic heterocycles. The first-order chi connectivity index (χ1) is 9.61. The van der Waals surface area contributed by atoms with Gasteiger partial charge in [0, 0.05) is 19.2 Å². The van der Waals surface area contributed by atoms with Crippen molar-refractivity contribution in [2.24, 2.45) is 0 Å². The largest absolute Gasteiger partial charge is 0.502 e. The zero-order valence-electron chi connectivity index (χ0n) is 10.8. The van der Waals surface area contributed by atoms with Crippen LogP contribution in [-0.4, -0.2) is 16.6 Å². The fourth-order valence-corrected chi connectivity index (χ4v) is 2.46. The van der Waals surface area contributed by atoms with E-state index in [0.29, 0.717) is 18.8 Å². The molecule has 3 rings (SSSR count). The Bertz CT molecular complexity index is 696. The van der Waals surface area contributed by atoms with Crippen LogP contribution in [0.2, 0.25) is 0 Å². The summed E-state index contributed by atoms with van der Waals surface area (Å²) >= 11 is 0. The van der Waals surface area contributed by atoms with Crippen LogP contribution in [-0.2, 0) is 19.5 Å². The number of halogens is 1. The van der Waals surface area contributed by atoms with Crippen LogP contribution in [0.3, 0.4) is 0 Å². The maximum atomic E-state index is 13.1. The van der Waals surface area contributed by atoms with E-state index < -0.39 is 5.43 Å². The van der Waals surface area contributed by atoms with Crippen molar-refractivity contribution in [1.29, 1.82) is 0 Å². The Balaban J connectivity index is 1.75. The third-order valence-corrected chi connectivity index (χ3v) is 3.51. The van der Waals surface area contributed by atoms with Gasteiger partial charge in [-0.2, -0.15) is 0 Å². The van der Waals surface area contributed by atoms with E-state index in [9.17, 15) is 9.18 Å². The van der Waals surface area contributed by atoms with Gasteiger partial charge in [-0.1, -0.05) is 6.07 Å². The number of benzene rings is 1. The Kier molecular flexibility index (Phi) is 3.28. The van der Waals surface area contributed by atoms with Crippen LogP contribution in [0.1, 0.15) is 16.9 Å². The van der Waals surface area contributed by atoms with Crippen molar-refractivity contribution in [2.45, 2.75) is 19.5 Å². The first kappa shape index (κ1) is 12.9. The summed E-state index contributed by atoms with van der Waals surface area (Å²) in [6.45, 7) is 1.97. The lowest BCUT2D eigenvalue weighted by atomic mass is 9.99. The average Bonchev–Trinajstić information content (AvgIpc) is 2.43. The molecule has 5 heteroatoms. The number of aromatic hydroxyl groups is 1. The molecular formula is C15H14FNO3. The average molecular weight is 275 g/mol. The van der Waals surface area contributed by atoms with Crippen LogP contribution in [0.5, 0.6) is 5.75 Å². The molecule has 0 spiro atoms. The number of nitrogens with zero attached hydrogens (tertiary/aromatic N) is 1. The lowest BCUT2D eigenvalue weighted by Crippen LogP contribution is -2.30. The van der Waals surface area contributed by atoms with E-state index in [0.717, 1.165) is 30.4 Å². The summed E-state index contributed by atoms with van der Waals surface area (Å²) in [5.74, 6) is -0.0756. The van der Waals surface area contributed by atoms with Gasteiger partial charge >= 0.3 is 0 Å². The highest BCUT2D eigenvalue weighted by atomic mass is 19.1. The summed E-state index contributed by atoms with van der Waals surface area (Å²) in [7, 11) is 0. The molecular weight excluding hydrogens is 261 g/mol. The first-order valence-corrected chi connectivity index (χ1v) is 6.42. The Morgan fingerprint density at radius 3 is 2.95 bits per heavy atom. The lowest BCUT2D eigenvalue weighted by molar-refractivity contribution is 0.222. The zero-order valence-corrected chi connectivity index (χ0v) is 10.8. The molecule has 0 amide bonds. The number of rotatable bonds is 2. The summed E-state index contributed by atoms with van der Waals surface area (Å²) < 4.78 is 18.3. The van der Waals surface area contributed by atoms with Gasteiger partial charge in [0.2, 0.25) is 5.43 Å². The van der Waals surface area contributed by atoms with Gasteiger partial charge in [-0.05, 0) is 29.7 Å². The van der Waals surface area contributed by atoms with Crippen LogP contribution >= 0.6 is 0 Å². The molecule has 0 bridgehead atoms. The summed E-state index contributed by atoms with van der Waals surface area (Å²) in [5.41, 5.74) is 1.69. The second-order valence-corrected chi connectivity index (χ2v) is 4.97. The molecule has 1 aliphatic heterocycles. The molecule has 0 atom stereocenters. The van der Waals surface area contributed by atoms with Crippen molar-refractivity contribution in [3.63, 3.8) is 0 Å². The molecule has 1 N–H and O–H groups in total. The smallest absolute Gasteiger partial charge is 0.226 e. The molecule has 2 heterocycles. The molecule has 0 saturated carbocycles. The van der Waals surface area contributed by atoms with Crippen molar-refractivity contribution >= 4 is 0 Å². The minimum Gasteiger partial charge on any atom is -0.502 e. The fourth-order valence-electron chi connectivity index (χ4n) is 2.46. The van der Waals surface area contributed by atoms with Gasteiger partial charge in [0.15, 0.2) is 5.75 Å². The lowest BCUT2D eigenvalue weighted by Gasteiger charge is -2.28. The summed E-state index contributed by atoms with van der Waals surface area (Å²) in [6, 6.07) is 6.13. The van der Waals surface area contributed by atoms with E-state index in [1.54, 1.807) is 12.1 Å². The van der Waals surface area contributed by atoms with E-state index in [4.69, 9.17) is 9.52 Å². The predicted molar refractivity (Wildman–Crippen MR) is 70.9 cm³/mol. The van der Waals surface area contributed by atoms with Gasteiger partial charge in [0.25, 0.3) is 0 Å². The van der Waals surface area contributed by atoms with Crippen molar-refractivity contribution in [1.82, 2.24) is 4.90 Å². The number of fused-ring (bicyclic) bond motifs is 1. The number of hydrogen-bond donors (Lipinski definition) is 1. The molecule has 0 aliphatic carbocycles. The van der Waals surface area contributed by atoms with E-state index in [2.05, 4.69) is 4.90 Å². The predicted octanol–water partition coefficient (Wildman–Crippen LogP) is 2.04. The van der Waals surface area contributed by atoms with Gasteiger partial charge in [-0.3, -0.25) is 9.69 Å². The van der Waals surface area contributed by atoms with Crippen molar-refractivity contribution in [3.05, 3.63) is 63.5 Å². The molecule has 0 radical (unpaired) electrons. The van der Waals surface area contributed by atoms with Crippen LogP contribution < -0.4 is 5.43 Å². The molecule has 0 unspecified atom stereocenters.